The fourth-order valence-corrected chi connectivity index (χ4v) is 3.19. The van der Waals surface area contributed by atoms with Gasteiger partial charge in [-0.05, 0) is 18.6 Å². The molecule has 1 aromatic carbocycles. The molecule has 0 amide bonds. The predicted molar refractivity (Wildman–Crippen MR) is 80.2 cm³/mol. The summed E-state index contributed by atoms with van der Waals surface area (Å²) < 4.78 is 26.1. The van der Waals surface area contributed by atoms with Crippen LogP contribution in [0, 0.1) is 6.92 Å². The lowest BCUT2D eigenvalue weighted by molar-refractivity contribution is 0.467. The van der Waals surface area contributed by atoms with Gasteiger partial charge in [0, 0.05) is 25.5 Å². The number of hydrogen-bond acceptors (Lipinski definition) is 2. The van der Waals surface area contributed by atoms with Crippen molar-refractivity contribution in [3.63, 3.8) is 0 Å². The van der Waals surface area contributed by atoms with Crippen LogP contribution in [-0.4, -0.2) is 24.8 Å². The lowest BCUT2D eigenvalue weighted by atomic mass is 10.1. The monoisotopic (exact) mass is 312 g/mol. The summed E-state index contributed by atoms with van der Waals surface area (Å²) in [5.74, 6) is 0.261. The fraction of sp³-hybridized carbons (Fsp3) is 0.286. The standard InChI is InChI=1S/C14H17ClN2O2S/c1-11-3-5-12(6-4-11)10-17(2)20(18,19)14-7-13(8-15)16-9-14/h3-7,9,16H,8,10H2,1-2H3. The maximum atomic E-state index is 12.4. The van der Waals surface area contributed by atoms with Crippen LogP contribution in [-0.2, 0) is 22.4 Å². The van der Waals surface area contributed by atoms with Gasteiger partial charge >= 0.3 is 0 Å². The topological polar surface area (TPSA) is 53.2 Å². The van der Waals surface area contributed by atoms with Crippen LogP contribution in [0.15, 0.2) is 41.4 Å². The molecule has 0 aliphatic heterocycles. The van der Waals surface area contributed by atoms with Gasteiger partial charge in [-0.1, -0.05) is 29.8 Å². The van der Waals surface area contributed by atoms with E-state index < -0.39 is 10.0 Å². The first kappa shape index (κ1) is 15.1. The van der Waals surface area contributed by atoms with Crippen LogP contribution in [0.5, 0.6) is 0 Å². The quantitative estimate of drug-likeness (QED) is 0.863. The first-order valence-electron chi connectivity index (χ1n) is 6.18. The van der Waals surface area contributed by atoms with Crippen LogP contribution >= 0.6 is 11.6 Å². The number of halogens is 1. The summed E-state index contributed by atoms with van der Waals surface area (Å²) in [5, 5.41) is 0. The summed E-state index contributed by atoms with van der Waals surface area (Å²) >= 11 is 5.67. The number of sulfonamides is 1. The molecule has 0 saturated heterocycles. The highest BCUT2D eigenvalue weighted by Crippen LogP contribution is 2.18. The van der Waals surface area contributed by atoms with E-state index in [2.05, 4.69) is 4.98 Å². The van der Waals surface area contributed by atoms with E-state index in [-0.39, 0.29) is 10.8 Å². The van der Waals surface area contributed by atoms with E-state index in [1.807, 2.05) is 31.2 Å². The Labute approximate surface area is 124 Å². The van der Waals surface area contributed by atoms with Gasteiger partial charge in [-0.15, -0.1) is 11.6 Å². The third-order valence-electron chi connectivity index (χ3n) is 3.09. The number of nitrogens with zero attached hydrogens (tertiary/aromatic N) is 1. The number of benzene rings is 1. The summed E-state index contributed by atoms with van der Waals surface area (Å²) in [5.41, 5.74) is 2.79. The Morgan fingerprint density at radius 1 is 1.25 bits per heavy atom. The zero-order valence-corrected chi connectivity index (χ0v) is 13.0. The van der Waals surface area contributed by atoms with E-state index >= 15 is 0 Å². The van der Waals surface area contributed by atoms with Gasteiger partial charge in [0.1, 0.15) is 0 Å². The molecule has 4 nitrogen and oxygen atoms in total. The number of rotatable bonds is 5. The summed E-state index contributed by atoms with van der Waals surface area (Å²) in [7, 11) is -1.92. The van der Waals surface area contributed by atoms with Crippen molar-refractivity contribution in [2.24, 2.45) is 0 Å². The number of H-pyrrole nitrogens is 1. The summed E-state index contributed by atoms with van der Waals surface area (Å²) in [6.45, 7) is 2.34. The second kappa shape index (κ2) is 5.99. The van der Waals surface area contributed by atoms with Crippen molar-refractivity contribution in [1.29, 1.82) is 0 Å². The SMILES string of the molecule is Cc1ccc(CN(C)S(=O)(=O)c2c[nH]c(CCl)c2)cc1. The molecule has 1 aromatic heterocycles. The molecule has 1 heterocycles. The van der Waals surface area contributed by atoms with Crippen LogP contribution < -0.4 is 0 Å². The van der Waals surface area contributed by atoms with Crippen molar-refractivity contribution in [3.05, 3.63) is 53.3 Å². The van der Waals surface area contributed by atoms with Gasteiger partial charge < -0.3 is 4.98 Å². The molecule has 2 aromatic rings. The Hall–Kier alpha value is -1.30. The maximum absolute atomic E-state index is 12.4. The largest absolute Gasteiger partial charge is 0.363 e. The van der Waals surface area contributed by atoms with E-state index in [0.29, 0.717) is 12.2 Å². The molecule has 6 heteroatoms. The van der Waals surface area contributed by atoms with Crippen LogP contribution in [0.2, 0.25) is 0 Å². The summed E-state index contributed by atoms with van der Waals surface area (Å²) in [6.07, 6.45) is 1.47. The van der Waals surface area contributed by atoms with E-state index in [4.69, 9.17) is 11.6 Å². The Morgan fingerprint density at radius 3 is 2.45 bits per heavy atom. The third kappa shape index (κ3) is 3.23. The molecule has 1 N–H and O–H groups in total. The fourth-order valence-electron chi connectivity index (χ4n) is 1.86. The number of aromatic nitrogens is 1. The lowest BCUT2D eigenvalue weighted by Crippen LogP contribution is -2.26. The lowest BCUT2D eigenvalue weighted by Gasteiger charge is -2.16. The smallest absolute Gasteiger partial charge is 0.244 e. The minimum atomic E-state index is -3.49. The molecule has 0 saturated carbocycles. The Kier molecular flexibility index (Phi) is 4.52. The minimum absolute atomic E-state index is 0.239. The van der Waals surface area contributed by atoms with Crippen LogP contribution in [0.25, 0.3) is 0 Å². The molecule has 0 atom stereocenters. The zero-order chi connectivity index (χ0) is 14.8. The van der Waals surface area contributed by atoms with Gasteiger partial charge in [-0.2, -0.15) is 4.31 Å². The molecule has 0 fully saturated rings. The Balaban J connectivity index is 2.18. The third-order valence-corrected chi connectivity index (χ3v) is 5.16. The second-order valence-corrected chi connectivity index (χ2v) is 7.05. The van der Waals surface area contributed by atoms with Crippen molar-refractivity contribution in [2.75, 3.05) is 7.05 Å². The van der Waals surface area contributed by atoms with Crippen molar-refractivity contribution in [3.8, 4) is 0 Å². The van der Waals surface area contributed by atoms with E-state index in [1.165, 1.54) is 10.5 Å². The summed E-state index contributed by atoms with van der Waals surface area (Å²) in [6, 6.07) is 9.37. The number of hydrogen-bond donors (Lipinski definition) is 1. The highest BCUT2D eigenvalue weighted by Gasteiger charge is 2.22. The van der Waals surface area contributed by atoms with Gasteiger partial charge in [-0.25, -0.2) is 8.42 Å². The van der Waals surface area contributed by atoms with Crippen molar-refractivity contribution >= 4 is 21.6 Å². The van der Waals surface area contributed by atoms with Gasteiger partial charge in [-0.3, -0.25) is 0 Å². The minimum Gasteiger partial charge on any atom is -0.363 e. The van der Waals surface area contributed by atoms with E-state index in [0.717, 1.165) is 11.1 Å². The van der Waals surface area contributed by atoms with E-state index in [9.17, 15) is 8.42 Å². The number of alkyl halides is 1. The van der Waals surface area contributed by atoms with Gasteiger partial charge in [0.15, 0.2) is 0 Å². The molecule has 0 bridgehead atoms. The second-order valence-electron chi connectivity index (χ2n) is 4.74. The zero-order valence-electron chi connectivity index (χ0n) is 11.4. The average molecular weight is 313 g/mol. The number of nitrogens with one attached hydrogen (secondary N) is 1. The summed E-state index contributed by atoms with van der Waals surface area (Å²) in [4.78, 5) is 3.09. The number of aryl methyl sites for hydroxylation is 1. The van der Waals surface area contributed by atoms with Gasteiger partial charge in [0.2, 0.25) is 10.0 Å². The molecule has 0 unspecified atom stereocenters. The normalized spacial score (nSPS) is 12.0. The van der Waals surface area contributed by atoms with Crippen molar-refractivity contribution in [2.45, 2.75) is 24.2 Å². The van der Waals surface area contributed by atoms with Gasteiger partial charge in [0.25, 0.3) is 0 Å². The average Bonchev–Trinajstić information content (AvgIpc) is 2.90. The first-order valence-corrected chi connectivity index (χ1v) is 8.16. The number of aromatic amines is 1. The Morgan fingerprint density at radius 2 is 1.90 bits per heavy atom. The molecule has 2 rings (SSSR count). The molecular weight excluding hydrogens is 296 g/mol. The van der Waals surface area contributed by atoms with Crippen molar-refractivity contribution < 1.29 is 8.42 Å². The van der Waals surface area contributed by atoms with Gasteiger partial charge in [0.05, 0.1) is 10.8 Å². The molecule has 108 valence electrons. The molecular formula is C14H17ClN2O2S. The van der Waals surface area contributed by atoms with Crippen LogP contribution in [0.3, 0.4) is 0 Å². The molecule has 0 aliphatic carbocycles. The van der Waals surface area contributed by atoms with Crippen molar-refractivity contribution in [1.82, 2.24) is 9.29 Å². The molecule has 0 radical (unpaired) electrons. The van der Waals surface area contributed by atoms with Crippen LogP contribution in [0.4, 0.5) is 0 Å². The predicted octanol–water partition coefficient (Wildman–Crippen LogP) is 2.88. The Bertz CT molecular complexity index is 677. The van der Waals surface area contributed by atoms with Crippen LogP contribution in [0.1, 0.15) is 16.8 Å². The molecule has 0 spiro atoms. The highest BCUT2D eigenvalue weighted by atomic mass is 35.5. The first-order chi connectivity index (χ1) is 9.43. The van der Waals surface area contributed by atoms with E-state index in [1.54, 1.807) is 13.1 Å². The highest BCUT2D eigenvalue weighted by molar-refractivity contribution is 7.89. The maximum Gasteiger partial charge on any atom is 0.244 e. The molecule has 20 heavy (non-hydrogen) atoms. The molecule has 0 aliphatic rings.